The van der Waals surface area contributed by atoms with Gasteiger partial charge in [0.25, 0.3) is 0 Å². The number of ketones is 1. The van der Waals surface area contributed by atoms with Crippen LogP contribution in [0.2, 0.25) is 0 Å². The molecule has 6 heteroatoms. The lowest BCUT2D eigenvalue weighted by molar-refractivity contribution is 0.0902. The molecule has 3 aromatic rings. The highest BCUT2D eigenvalue weighted by Crippen LogP contribution is 2.29. The number of hydrogen-bond acceptors (Lipinski definition) is 6. The molecule has 0 spiro atoms. The molecule has 3 heterocycles. The summed E-state index contributed by atoms with van der Waals surface area (Å²) in [4.78, 5) is 19.1. The number of carbonyl (C=O) groups excluding carboxylic acids is 1. The van der Waals surface area contributed by atoms with Gasteiger partial charge in [-0.05, 0) is 49.2 Å². The fraction of sp³-hybridized carbons (Fsp3) is 0.273. The van der Waals surface area contributed by atoms with Crippen molar-refractivity contribution < 1.29 is 9.53 Å². The van der Waals surface area contributed by atoms with Crippen LogP contribution >= 0.6 is 0 Å². The Morgan fingerprint density at radius 2 is 1.93 bits per heavy atom. The lowest BCUT2D eigenvalue weighted by Crippen LogP contribution is -2.39. The standard InChI is InChI=1S/C22H22N4O2/c1-28-20-10-3-2-8-17(20)18-11-12-21(25-24-18)26-14-6-7-16(15-26)22(27)19-9-4-5-13-23-19/h2-5,8-13,16H,6-7,14-15H2,1H3/t16-/m1/s1. The second-order valence-electron chi connectivity index (χ2n) is 6.84. The number of aromatic nitrogens is 3. The van der Waals surface area contributed by atoms with Crippen LogP contribution in [0.5, 0.6) is 5.75 Å². The van der Waals surface area contributed by atoms with E-state index in [4.69, 9.17) is 4.74 Å². The van der Waals surface area contributed by atoms with Crippen LogP contribution in [0.4, 0.5) is 5.82 Å². The normalized spacial score (nSPS) is 16.6. The maximum absolute atomic E-state index is 12.7. The summed E-state index contributed by atoms with van der Waals surface area (Å²) in [6, 6.07) is 17.1. The summed E-state index contributed by atoms with van der Waals surface area (Å²) in [5.74, 6) is 1.59. The number of carbonyl (C=O) groups is 1. The third-order valence-corrected chi connectivity index (χ3v) is 5.07. The molecule has 6 nitrogen and oxygen atoms in total. The van der Waals surface area contributed by atoms with Gasteiger partial charge < -0.3 is 9.64 Å². The Balaban J connectivity index is 1.50. The molecule has 1 aromatic carbocycles. The zero-order chi connectivity index (χ0) is 19.3. The van der Waals surface area contributed by atoms with E-state index in [0.29, 0.717) is 12.2 Å². The number of Topliss-reactive ketones (excluding diaryl/α,β-unsaturated/α-hetero) is 1. The Bertz CT molecular complexity index is 944. The van der Waals surface area contributed by atoms with Crippen LogP contribution < -0.4 is 9.64 Å². The van der Waals surface area contributed by atoms with Crippen LogP contribution in [0.15, 0.2) is 60.8 Å². The smallest absolute Gasteiger partial charge is 0.185 e. The summed E-state index contributed by atoms with van der Waals surface area (Å²) in [5.41, 5.74) is 2.21. The van der Waals surface area contributed by atoms with Crippen molar-refractivity contribution in [3.63, 3.8) is 0 Å². The largest absolute Gasteiger partial charge is 0.496 e. The Morgan fingerprint density at radius 1 is 1.07 bits per heavy atom. The first-order chi connectivity index (χ1) is 13.8. The Kier molecular flexibility index (Phi) is 5.28. The molecular weight excluding hydrogens is 352 g/mol. The van der Waals surface area contributed by atoms with E-state index in [1.54, 1.807) is 19.4 Å². The van der Waals surface area contributed by atoms with Crippen molar-refractivity contribution in [1.82, 2.24) is 15.2 Å². The van der Waals surface area contributed by atoms with E-state index in [-0.39, 0.29) is 11.7 Å². The maximum atomic E-state index is 12.7. The van der Waals surface area contributed by atoms with Crippen molar-refractivity contribution in [2.45, 2.75) is 12.8 Å². The summed E-state index contributed by atoms with van der Waals surface area (Å²) in [6.07, 6.45) is 3.48. The Hall–Kier alpha value is -3.28. The highest BCUT2D eigenvalue weighted by atomic mass is 16.5. The van der Waals surface area contributed by atoms with Gasteiger partial charge in [-0.1, -0.05) is 18.2 Å². The fourth-order valence-electron chi connectivity index (χ4n) is 3.61. The van der Waals surface area contributed by atoms with Gasteiger partial charge in [-0.15, -0.1) is 10.2 Å². The average Bonchev–Trinajstić information content (AvgIpc) is 2.79. The van der Waals surface area contributed by atoms with Gasteiger partial charge in [0, 0.05) is 30.8 Å². The van der Waals surface area contributed by atoms with E-state index < -0.39 is 0 Å². The molecule has 0 aliphatic carbocycles. The van der Waals surface area contributed by atoms with Crippen molar-refractivity contribution in [3.8, 4) is 17.0 Å². The summed E-state index contributed by atoms with van der Waals surface area (Å²) in [7, 11) is 1.65. The van der Waals surface area contributed by atoms with Gasteiger partial charge >= 0.3 is 0 Å². The molecule has 1 fully saturated rings. The minimum atomic E-state index is -0.0701. The topological polar surface area (TPSA) is 68.2 Å². The molecule has 0 amide bonds. The number of benzene rings is 1. The first-order valence-corrected chi connectivity index (χ1v) is 9.43. The summed E-state index contributed by atoms with van der Waals surface area (Å²) in [5, 5.41) is 8.81. The van der Waals surface area contributed by atoms with Gasteiger partial charge in [-0.25, -0.2) is 0 Å². The fourth-order valence-corrected chi connectivity index (χ4v) is 3.61. The van der Waals surface area contributed by atoms with Crippen LogP contribution in [-0.4, -0.2) is 41.2 Å². The molecular formula is C22H22N4O2. The second kappa shape index (κ2) is 8.17. The zero-order valence-corrected chi connectivity index (χ0v) is 15.8. The van der Waals surface area contributed by atoms with E-state index in [1.165, 1.54) is 0 Å². The third kappa shape index (κ3) is 3.71. The molecule has 4 rings (SSSR count). The number of pyridine rings is 1. The summed E-state index contributed by atoms with van der Waals surface area (Å²) in [6.45, 7) is 1.51. The minimum Gasteiger partial charge on any atom is -0.496 e. The monoisotopic (exact) mass is 374 g/mol. The zero-order valence-electron chi connectivity index (χ0n) is 15.8. The first kappa shape index (κ1) is 18.1. The molecule has 1 aliphatic heterocycles. The first-order valence-electron chi connectivity index (χ1n) is 9.43. The molecule has 0 radical (unpaired) electrons. The van der Waals surface area contributed by atoms with E-state index >= 15 is 0 Å². The molecule has 0 N–H and O–H groups in total. The maximum Gasteiger partial charge on any atom is 0.185 e. The molecule has 1 atom stereocenters. The molecule has 0 saturated carbocycles. The van der Waals surface area contributed by atoms with E-state index in [1.807, 2.05) is 48.5 Å². The van der Waals surface area contributed by atoms with Gasteiger partial charge in [-0.3, -0.25) is 9.78 Å². The van der Waals surface area contributed by atoms with Gasteiger partial charge in [0.05, 0.1) is 12.8 Å². The van der Waals surface area contributed by atoms with Crippen molar-refractivity contribution >= 4 is 11.6 Å². The molecule has 1 saturated heterocycles. The van der Waals surface area contributed by atoms with Crippen molar-refractivity contribution in [1.29, 1.82) is 0 Å². The molecule has 2 aromatic heterocycles. The predicted octanol–water partition coefficient (Wildman–Crippen LogP) is 3.65. The molecule has 28 heavy (non-hydrogen) atoms. The SMILES string of the molecule is COc1ccccc1-c1ccc(N2CCC[C@@H](C(=O)c3ccccn3)C2)nn1. The van der Waals surface area contributed by atoms with Crippen LogP contribution in [-0.2, 0) is 0 Å². The number of hydrogen-bond donors (Lipinski definition) is 0. The molecule has 142 valence electrons. The van der Waals surface area contributed by atoms with Crippen LogP contribution in [0, 0.1) is 5.92 Å². The van der Waals surface area contributed by atoms with E-state index in [9.17, 15) is 4.79 Å². The molecule has 0 bridgehead atoms. The van der Waals surface area contributed by atoms with Crippen LogP contribution in [0.25, 0.3) is 11.3 Å². The molecule has 1 aliphatic rings. The number of para-hydroxylation sites is 1. The molecule has 0 unspecified atom stereocenters. The average molecular weight is 374 g/mol. The van der Waals surface area contributed by atoms with Crippen molar-refractivity contribution in [2.24, 2.45) is 5.92 Å². The van der Waals surface area contributed by atoms with Crippen LogP contribution in [0.3, 0.4) is 0 Å². The van der Waals surface area contributed by atoms with E-state index in [2.05, 4.69) is 20.1 Å². The number of ether oxygens (including phenoxy) is 1. The Labute approximate surface area is 164 Å². The highest BCUT2D eigenvalue weighted by Gasteiger charge is 2.28. The summed E-state index contributed by atoms with van der Waals surface area (Å²) >= 11 is 0. The quantitative estimate of drug-likeness (QED) is 0.635. The predicted molar refractivity (Wildman–Crippen MR) is 108 cm³/mol. The number of piperidine rings is 1. The third-order valence-electron chi connectivity index (χ3n) is 5.07. The minimum absolute atomic E-state index is 0.0701. The lowest BCUT2D eigenvalue weighted by atomic mass is 9.92. The highest BCUT2D eigenvalue weighted by molar-refractivity contribution is 5.96. The van der Waals surface area contributed by atoms with Gasteiger partial charge in [0.15, 0.2) is 11.6 Å². The van der Waals surface area contributed by atoms with Crippen molar-refractivity contribution in [3.05, 3.63) is 66.5 Å². The number of rotatable bonds is 5. The van der Waals surface area contributed by atoms with Gasteiger partial charge in [0.2, 0.25) is 0 Å². The van der Waals surface area contributed by atoms with Crippen LogP contribution in [0.1, 0.15) is 23.3 Å². The van der Waals surface area contributed by atoms with Gasteiger partial charge in [0.1, 0.15) is 11.4 Å². The number of methoxy groups -OCH3 is 1. The van der Waals surface area contributed by atoms with E-state index in [0.717, 1.165) is 42.2 Å². The number of anilines is 1. The number of nitrogens with zero attached hydrogens (tertiary/aromatic N) is 4. The second-order valence-corrected chi connectivity index (χ2v) is 6.84. The lowest BCUT2D eigenvalue weighted by Gasteiger charge is -2.32. The Morgan fingerprint density at radius 3 is 2.68 bits per heavy atom. The van der Waals surface area contributed by atoms with Crippen molar-refractivity contribution in [2.75, 3.05) is 25.1 Å². The summed E-state index contributed by atoms with van der Waals surface area (Å²) < 4.78 is 5.41. The van der Waals surface area contributed by atoms with Gasteiger partial charge in [-0.2, -0.15) is 0 Å².